The fourth-order valence-electron chi connectivity index (χ4n) is 3.72. The van der Waals surface area contributed by atoms with Crippen molar-refractivity contribution in [2.24, 2.45) is 5.73 Å². The number of hydrogen-bond acceptors (Lipinski definition) is 7. The van der Waals surface area contributed by atoms with Crippen LogP contribution >= 0.6 is 0 Å². The van der Waals surface area contributed by atoms with E-state index in [1.807, 2.05) is 41.4 Å². The third-order valence-corrected chi connectivity index (χ3v) is 5.32. The van der Waals surface area contributed by atoms with E-state index in [0.29, 0.717) is 25.4 Å². The smallest absolute Gasteiger partial charge is 0.300 e. The Bertz CT molecular complexity index is 1120. The summed E-state index contributed by atoms with van der Waals surface area (Å²) in [6.45, 7) is 5.01. The lowest BCUT2D eigenvalue weighted by molar-refractivity contribution is -0.135. The minimum Gasteiger partial charge on any atom is -0.481 e. The van der Waals surface area contributed by atoms with Crippen molar-refractivity contribution in [1.29, 1.82) is 0 Å². The first-order chi connectivity index (χ1) is 17.1. The minimum atomic E-state index is -0.833. The van der Waals surface area contributed by atoms with Gasteiger partial charge in [0.2, 0.25) is 11.8 Å². The number of amides is 1. The van der Waals surface area contributed by atoms with Crippen molar-refractivity contribution in [3.05, 3.63) is 54.4 Å². The molecule has 3 heterocycles. The number of aromatic nitrogens is 2. The van der Waals surface area contributed by atoms with Crippen LogP contribution in [0.1, 0.15) is 19.4 Å². The van der Waals surface area contributed by atoms with Crippen molar-refractivity contribution in [2.75, 3.05) is 38.2 Å². The van der Waals surface area contributed by atoms with E-state index < -0.39 is 18.0 Å². The highest BCUT2D eigenvalue weighted by molar-refractivity contribution is 5.86. The topological polar surface area (TPSA) is 162 Å². The normalized spacial score (nSPS) is 13.6. The maximum Gasteiger partial charge on any atom is 0.300 e. The molecule has 1 amide bonds. The standard InChI is InChI=1S/C21H25N5O2.2C2H4O2/c1-28-20-7-6-16(14-24-20)25-8-10-26(11-9-25)21(27)18(22)12-15-13-23-19-5-3-2-4-17(15)19;2*1-2(3)4/h2-7,13-14,18,23H,8-12,22H2,1H3;2*1H3,(H,3,4)/t18-;;/m1../s1. The number of benzene rings is 1. The van der Waals surface area contributed by atoms with Crippen LogP contribution in [-0.2, 0) is 20.8 Å². The van der Waals surface area contributed by atoms with Gasteiger partial charge in [-0.3, -0.25) is 14.4 Å². The Labute approximate surface area is 209 Å². The van der Waals surface area contributed by atoms with E-state index in [2.05, 4.69) is 20.9 Å². The summed E-state index contributed by atoms with van der Waals surface area (Å²) in [7, 11) is 1.60. The third-order valence-electron chi connectivity index (χ3n) is 5.32. The molecule has 3 aromatic rings. The van der Waals surface area contributed by atoms with Gasteiger partial charge in [-0.2, -0.15) is 0 Å². The summed E-state index contributed by atoms with van der Waals surface area (Å²) in [5.74, 6) is -1.06. The Hall–Kier alpha value is -4.12. The molecule has 0 saturated carbocycles. The molecule has 1 aliphatic heterocycles. The van der Waals surface area contributed by atoms with Crippen molar-refractivity contribution in [3.8, 4) is 5.88 Å². The highest BCUT2D eigenvalue weighted by Crippen LogP contribution is 2.21. The van der Waals surface area contributed by atoms with E-state index in [4.69, 9.17) is 30.3 Å². The van der Waals surface area contributed by atoms with Gasteiger partial charge in [0.25, 0.3) is 11.9 Å². The van der Waals surface area contributed by atoms with Crippen LogP contribution < -0.4 is 15.4 Å². The lowest BCUT2D eigenvalue weighted by atomic mass is 10.0. The molecule has 1 fully saturated rings. The molecule has 1 atom stereocenters. The largest absolute Gasteiger partial charge is 0.481 e. The van der Waals surface area contributed by atoms with Crippen LogP contribution in [0, 0.1) is 0 Å². The van der Waals surface area contributed by atoms with Crippen molar-refractivity contribution in [2.45, 2.75) is 26.3 Å². The molecule has 1 aromatic carbocycles. The summed E-state index contributed by atoms with van der Waals surface area (Å²) in [4.78, 5) is 42.4. The number of methoxy groups -OCH3 is 1. The number of para-hydroxylation sites is 1. The molecule has 1 aliphatic rings. The maximum atomic E-state index is 12.8. The number of rotatable bonds is 5. The van der Waals surface area contributed by atoms with Gasteiger partial charge in [-0.25, -0.2) is 4.98 Å². The molecular formula is C25H33N5O6. The number of aromatic amines is 1. The predicted molar refractivity (Wildman–Crippen MR) is 136 cm³/mol. The summed E-state index contributed by atoms with van der Waals surface area (Å²) in [6, 6.07) is 11.4. The number of carbonyl (C=O) groups excluding carboxylic acids is 1. The molecule has 36 heavy (non-hydrogen) atoms. The van der Waals surface area contributed by atoms with Crippen LogP contribution in [0.25, 0.3) is 10.9 Å². The second-order valence-corrected chi connectivity index (χ2v) is 8.08. The number of nitrogens with one attached hydrogen (secondary N) is 1. The first kappa shape index (κ1) is 28.1. The quantitative estimate of drug-likeness (QED) is 0.411. The van der Waals surface area contributed by atoms with Crippen molar-refractivity contribution in [1.82, 2.24) is 14.9 Å². The van der Waals surface area contributed by atoms with Gasteiger partial charge in [0.15, 0.2) is 0 Å². The highest BCUT2D eigenvalue weighted by Gasteiger charge is 2.26. The van der Waals surface area contributed by atoms with Crippen LogP contribution in [0.15, 0.2) is 48.8 Å². The van der Waals surface area contributed by atoms with Crippen LogP contribution in [0.5, 0.6) is 5.88 Å². The highest BCUT2D eigenvalue weighted by atomic mass is 16.5. The number of carbonyl (C=O) groups is 3. The third kappa shape index (κ3) is 8.58. The van der Waals surface area contributed by atoms with Crippen LogP contribution in [-0.4, -0.2) is 82.3 Å². The lowest BCUT2D eigenvalue weighted by Gasteiger charge is -2.37. The summed E-state index contributed by atoms with van der Waals surface area (Å²) in [6.07, 6.45) is 4.29. The Kier molecular flexibility index (Phi) is 10.7. The van der Waals surface area contributed by atoms with Crippen molar-refractivity contribution < 1.29 is 29.3 Å². The number of hydrogen-bond donors (Lipinski definition) is 4. The van der Waals surface area contributed by atoms with Gasteiger partial charge < -0.3 is 35.5 Å². The molecule has 0 aliphatic carbocycles. The SMILES string of the molecule is CC(=O)O.CC(=O)O.COc1ccc(N2CCN(C(=O)[C@H](N)Cc3c[nH]c4ccccc34)CC2)cn1. The van der Waals surface area contributed by atoms with Gasteiger partial charge >= 0.3 is 0 Å². The van der Waals surface area contributed by atoms with E-state index in [-0.39, 0.29) is 5.91 Å². The molecule has 0 spiro atoms. The molecule has 11 nitrogen and oxygen atoms in total. The summed E-state index contributed by atoms with van der Waals surface area (Å²) in [5, 5.41) is 16.0. The van der Waals surface area contributed by atoms with Gasteiger partial charge in [-0.05, 0) is 24.1 Å². The molecule has 11 heteroatoms. The molecule has 4 rings (SSSR count). The first-order valence-electron chi connectivity index (χ1n) is 11.4. The summed E-state index contributed by atoms with van der Waals surface area (Å²) in [5.41, 5.74) is 9.45. The average molecular weight is 500 g/mol. The zero-order valence-electron chi connectivity index (χ0n) is 20.7. The molecule has 1 saturated heterocycles. The number of carboxylic acids is 2. The van der Waals surface area contributed by atoms with E-state index in [1.165, 1.54) is 0 Å². The number of nitrogens with zero attached hydrogens (tertiary/aromatic N) is 3. The lowest BCUT2D eigenvalue weighted by Crippen LogP contribution is -2.53. The van der Waals surface area contributed by atoms with E-state index >= 15 is 0 Å². The number of pyridine rings is 1. The van der Waals surface area contributed by atoms with Gasteiger partial charge in [0.1, 0.15) is 0 Å². The maximum absolute atomic E-state index is 12.8. The molecule has 0 bridgehead atoms. The minimum absolute atomic E-state index is 0.0118. The fourth-order valence-corrected chi connectivity index (χ4v) is 3.72. The van der Waals surface area contributed by atoms with E-state index in [0.717, 1.165) is 49.1 Å². The molecule has 2 aromatic heterocycles. The molecule has 194 valence electrons. The van der Waals surface area contributed by atoms with Gasteiger partial charge in [-0.15, -0.1) is 0 Å². The van der Waals surface area contributed by atoms with E-state index in [9.17, 15) is 4.79 Å². The van der Waals surface area contributed by atoms with E-state index in [1.54, 1.807) is 13.3 Å². The molecule has 0 radical (unpaired) electrons. The van der Waals surface area contributed by atoms with Gasteiger partial charge in [0.05, 0.1) is 25.0 Å². The number of piperazine rings is 1. The van der Waals surface area contributed by atoms with Crippen molar-refractivity contribution in [3.63, 3.8) is 0 Å². The van der Waals surface area contributed by atoms with Crippen LogP contribution in [0.4, 0.5) is 5.69 Å². The average Bonchev–Trinajstić information content (AvgIpc) is 3.26. The fraction of sp³-hybridized carbons (Fsp3) is 0.360. The zero-order chi connectivity index (χ0) is 26.7. The molecule has 0 unspecified atom stereocenters. The van der Waals surface area contributed by atoms with Gasteiger partial charge in [-0.1, -0.05) is 18.2 Å². The Morgan fingerprint density at radius 3 is 2.22 bits per heavy atom. The Morgan fingerprint density at radius 1 is 1.06 bits per heavy atom. The Balaban J connectivity index is 0.000000501. The number of aliphatic carboxylic acids is 2. The summed E-state index contributed by atoms with van der Waals surface area (Å²) < 4.78 is 5.10. The molecular weight excluding hydrogens is 466 g/mol. The second-order valence-electron chi connectivity index (χ2n) is 8.08. The van der Waals surface area contributed by atoms with Crippen molar-refractivity contribution >= 4 is 34.4 Å². The summed E-state index contributed by atoms with van der Waals surface area (Å²) >= 11 is 0. The molecule has 5 N–H and O–H groups in total. The number of ether oxygens (including phenoxy) is 1. The van der Waals surface area contributed by atoms with Crippen LogP contribution in [0.2, 0.25) is 0 Å². The zero-order valence-corrected chi connectivity index (χ0v) is 20.7. The van der Waals surface area contributed by atoms with Crippen LogP contribution in [0.3, 0.4) is 0 Å². The Morgan fingerprint density at radius 2 is 1.67 bits per heavy atom. The predicted octanol–water partition coefficient (Wildman–Crippen LogP) is 1.97. The second kappa shape index (κ2) is 13.7. The van der Waals surface area contributed by atoms with Gasteiger partial charge in [0, 0.05) is 63.2 Å². The number of H-pyrrole nitrogens is 1. The number of fused-ring (bicyclic) bond motifs is 1. The number of nitrogens with two attached hydrogens (primary N) is 1. The number of carboxylic acid groups (broad SMARTS) is 2. The number of anilines is 1. The monoisotopic (exact) mass is 499 g/mol. The first-order valence-corrected chi connectivity index (χ1v) is 11.4.